The van der Waals surface area contributed by atoms with Crippen LogP contribution in [0.25, 0.3) is 0 Å². The van der Waals surface area contributed by atoms with Crippen molar-refractivity contribution in [2.45, 2.75) is 13.5 Å². The molecular weight excluding hydrogens is 224 g/mol. The standard InChI is InChI=1S/C7H9ClN4OS/c1-2-12-3-4(8)10-5(6(12)13)11-7(9)14/h3H,2H2,1H3,(H3,9,10,11,14). The van der Waals surface area contributed by atoms with Crippen molar-refractivity contribution in [2.24, 2.45) is 5.73 Å². The Balaban J connectivity index is 3.22. The lowest BCUT2D eigenvalue weighted by Crippen LogP contribution is -2.29. The van der Waals surface area contributed by atoms with Gasteiger partial charge in [0.15, 0.2) is 10.9 Å². The van der Waals surface area contributed by atoms with Crippen molar-refractivity contribution in [1.82, 2.24) is 9.55 Å². The maximum Gasteiger partial charge on any atom is 0.293 e. The van der Waals surface area contributed by atoms with Crippen LogP contribution in [0.4, 0.5) is 5.82 Å². The second-order valence-corrected chi connectivity index (χ2v) is 3.32. The molecule has 0 atom stereocenters. The number of thiocarbonyl (C=S) groups is 1. The molecule has 0 aliphatic rings. The van der Waals surface area contributed by atoms with Crippen LogP contribution in [0.15, 0.2) is 11.0 Å². The number of hydrogen-bond acceptors (Lipinski definition) is 3. The second kappa shape index (κ2) is 4.39. The van der Waals surface area contributed by atoms with Crippen LogP contribution in [-0.4, -0.2) is 14.7 Å². The molecule has 0 unspecified atom stereocenters. The molecule has 0 bridgehead atoms. The van der Waals surface area contributed by atoms with Crippen molar-refractivity contribution >= 4 is 34.7 Å². The van der Waals surface area contributed by atoms with Crippen molar-refractivity contribution in [3.63, 3.8) is 0 Å². The first-order chi connectivity index (χ1) is 6.54. The van der Waals surface area contributed by atoms with Gasteiger partial charge in [-0.15, -0.1) is 0 Å². The van der Waals surface area contributed by atoms with E-state index in [0.29, 0.717) is 6.54 Å². The van der Waals surface area contributed by atoms with Crippen molar-refractivity contribution in [1.29, 1.82) is 0 Å². The topological polar surface area (TPSA) is 72.9 Å². The molecule has 0 aliphatic heterocycles. The minimum Gasteiger partial charge on any atom is -0.376 e. The Morgan fingerprint density at radius 1 is 1.86 bits per heavy atom. The Morgan fingerprint density at radius 3 is 3.00 bits per heavy atom. The van der Waals surface area contributed by atoms with Gasteiger partial charge in [0.25, 0.3) is 5.56 Å². The lowest BCUT2D eigenvalue weighted by Gasteiger charge is -2.06. The van der Waals surface area contributed by atoms with Crippen LogP contribution in [0.2, 0.25) is 5.15 Å². The predicted molar refractivity (Wildman–Crippen MR) is 59.6 cm³/mol. The number of halogens is 1. The molecule has 0 amide bonds. The molecule has 1 heterocycles. The summed E-state index contributed by atoms with van der Waals surface area (Å²) in [6.45, 7) is 2.33. The fraction of sp³-hybridized carbons (Fsp3) is 0.286. The van der Waals surface area contributed by atoms with Gasteiger partial charge in [-0.2, -0.15) is 0 Å². The lowest BCUT2D eigenvalue weighted by molar-refractivity contribution is 0.721. The number of rotatable bonds is 2. The Labute approximate surface area is 90.9 Å². The molecule has 0 saturated carbocycles. The SMILES string of the molecule is CCn1cc(Cl)nc(NC(N)=S)c1=O. The third-order valence-electron chi connectivity index (χ3n) is 1.53. The van der Waals surface area contributed by atoms with Crippen molar-refractivity contribution < 1.29 is 0 Å². The van der Waals surface area contributed by atoms with Gasteiger partial charge in [-0.05, 0) is 19.1 Å². The number of aryl methyl sites for hydroxylation is 1. The molecule has 76 valence electrons. The summed E-state index contributed by atoms with van der Waals surface area (Å²) in [5.74, 6) is 0.0480. The highest BCUT2D eigenvalue weighted by Crippen LogP contribution is 2.04. The van der Waals surface area contributed by atoms with E-state index in [4.69, 9.17) is 17.3 Å². The highest BCUT2D eigenvalue weighted by atomic mass is 35.5. The second-order valence-electron chi connectivity index (χ2n) is 2.49. The molecule has 7 heteroatoms. The zero-order valence-corrected chi connectivity index (χ0v) is 9.02. The molecule has 0 spiro atoms. The largest absolute Gasteiger partial charge is 0.376 e. The van der Waals surface area contributed by atoms with Crippen LogP contribution in [0.1, 0.15) is 6.92 Å². The van der Waals surface area contributed by atoms with Gasteiger partial charge in [-0.25, -0.2) is 4.98 Å². The first-order valence-corrected chi connectivity index (χ1v) is 4.66. The first-order valence-electron chi connectivity index (χ1n) is 3.88. The van der Waals surface area contributed by atoms with Crippen LogP contribution in [-0.2, 0) is 6.54 Å². The van der Waals surface area contributed by atoms with Gasteiger partial charge < -0.3 is 15.6 Å². The highest BCUT2D eigenvalue weighted by Gasteiger charge is 2.06. The Hall–Kier alpha value is -1.14. The number of nitrogens with one attached hydrogen (secondary N) is 1. The van der Waals surface area contributed by atoms with Crippen LogP contribution >= 0.6 is 23.8 Å². The minimum atomic E-state index is -0.301. The number of anilines is 1. The predicted octanol–water partition coefficient (Wildman–Crippen LogP) is 0.572. The molecule has 0 aromatic carbocycles. The van der Waals surface area contributed by atoms with Crippen LogP contribution in [0.3, 0.4) is 0 Å². The Bertz CT molecular complexity index is 417. The maximum absolute atomic E-state index is 11.6. The molecule has 1 rings (SSSR count). The number of nitrogens with two attached hydrogens (primary N) is 1. The maximum atomic E-state index is 11.6. The summed E-state index contributed by atoms with van der Waals surface area (Å²) in [4.78, 5) is 15.3. The van der Waals surface area contributed by atoms with Gasteiger partial charge in [0.1, 0.15) is 5.15 Å². The van der Waals surface area contributed by atoms with Gasteiger partial charge >= 0.3 is 0 Å². The minimum absolute atomic E-state index is 0.0143. The molecule has 1 aromatic rings. The summed E-state index contributed by atoms with van der Waals surface area (Å²) in [5.41, 5.74) is 4.92. The molecule has 1 aromatic heterocycles. The molecule has 3 N–H and O–H groups in total. The lowest BCUT2D eigenvalue weighted by atomic mass is 10.5. The monoisotopic (exact) mass is 232 g/mol. The summed E-state index contributed by atoms with van der Waals surface area (Å²) in [5, 5.41) is 2.67. The number of nitrogens with zero attached hydrogens (tertiary/aromatic N) is 2. The number of hydrogen-bond donors (Lipinski definition) is 2. The van der Waals surface area contributed by atoms with Crippen LogP contribution in [0, 0.1) is 0 Å². The third kappa shape index (κ3) is 2.43. The third-order valence-corrected chi connectivity index (χ3v) is 1.81. The van der Waals surface area contributed by atoms with Gasteiger partial charge in [0, 0.05) is 12.7 Å². The quantitative estimate of drug-likeness (QED) is 0.730. The molecule has 5 nitrogen and oxygen atoms in total. The Kier molecular flexibility index (Phi) is 3.43. The average Bonchev–Trinajstić information content (AvgIpc) is 2.09. The van der Waals surface area contributed by atoms with Crippen LogP contribution in [0.5, 0.6) is 0 Å². The van der Waals surface area contributed by atoms with E-state index in [1.807, 2.05) is 6.92 Å². The average molecular weight is 233 g/mol. The molecule has 0 radical (unpaired) electrons. The van der Waals surface area contributed by atoms with E-state index in [0.717, 1.165) is 0 Å². The van der Waals surface area contributed by atoms with E-state index in [2.05, 4.69) is 22.5 Å². The molecular formula is C7H9ClN4OS. The van der Waals surface area contributed by atoms with E-state index in [1.165, 1.54) is 10.8 Å². The van der Waals surface area contributed by atoms with Gasteiger partial charge in [0.2, 0.25) is 0 Å². The zero-order chi connectivity index (χ0) is 10.7. The van der Waals surface area contributed by atoms with E-state index < -0.39 is 0 Å². The summed E-state index contributed by atoms with van der Waals surface area (Å²) in [6.07, 6.45) is 1.45. The van der Waals surface area contributed by atoms with E-state index in [-0.39, 0.29) is 21.6 Å². The first kappa shape index (κ1) is 10.9. The highest BCUT2D eigenvalue weighted by molar-refractivity contribution is 7.80. The van der Waals surface area contributed by atoms with Gasteiger partial charge in [-0.3, -0.25) is 4.79 Å². The van der Waals surface area contributed by atoms with E-state index in [1.54, 1.807) is 0 Å². The van der Waals surface area contributed by atoms with Gasteiger partial charge in [0.05, 0.1) is 0 Å². The van der Waals surface area contributed by atoms with Crippen LogP contribution < -0.4 is 16.6 Å². The van der Waals surface area contributed by atoms with Crippen molar-refractivity contribution in [3.05, 3.63) is 21.7 Å². The zero-order valence-electron chi connectivity index (χ0n) is 7.45. The normalized spacial score (nSPS) is 9.86. The summed E-state index contributed by atoms with van der Waals surface area (Å²) >= 11 is 10.3. The smallest absolute Gasteiger partial charge is 0.293 e. The van der Waals surface area contributed by atoms with Gasteiger partial charge in [-0.1, -0.05) is 11.6 Å². The van der Waals surface area contributed by atoms with E-state index in [9.17, 15) is 4.79 Å². The molecule has 14 heavy (non-hydrogen) atoms. The summed E-state index contributed by atoms with van der Waals surface area (Å²) in [6, 6.07) is 0. The molecule has 0 aliphatic carbocycles. The fourth-order valence-corrected chi connectivity index (χ4v) is 1.24. The summed E-state index contributed by atoms with van der Waals surface area (Å²) in [7, 11) is 0. The van der Waals surface area contributed by atoms with Crippen molar-refractivity contribution in [3.8, 4) is 0 Å². The van der Waals surface area contributed by atoms with Crippen molar-refractivity contribution in [2.75, 3.05) is 5.32 Å². The van der Waals surface area contributed by atoms with E-state index >= 15 is 0 Å². The summed E-state index contributed by atoms with van der Waals surface area (Å²) < 4.78 is 1.41. The Morgan fingerprint density at radius 2 is 2.50 bits per heavy atom. The number of aromatic nitrogens is 2. The molecule has 0 fully saturated rings. The fourth-order valence-electron chi connectivity index (χ4n) is 0.940. The molecule has 0 saturated heterocycles.